The van der Waals surface area contributed by atoms with E-state index in [1.807, 2.05) is 12.1 Å². The maximum Gasteiger partial charge on any atom is 0.336 e. The van der Waals surface area contributed by atoms with Crippen LogP contribution in [-0.4, -0.2) is 28.5 Å². The summed E-state index contributed by atoms with van der Waals surface area (Å²) in [6.07, 6.45) is 0.692. The topological polar surface area (TPSA) is 101 Å². The number of benzene rings is 2. The molecule has 0 fully saturated rings. The number of carboxylic acids is 1. The highest BCUT2D eigenvalue weighted by molar-refractivity contribution is 6.12. The first-order valence-corrected chi connectivity index (χ1v) is 6.90. The van der Waals surface area contributed by atoms with E-state index in [0.29, 0.717) is 13.0 Å². The van der Waals surface area contributed by atoms with Gasteiger partial charge in [-0.1, -0.05) is 18.2 Å². The molecule has 2 aromatic carbocycles. The maximum atomic E-state index is 12.7. The molecule has 0 unspecified atom stereocenters. The summed E-state index contributed by atoms with van der Waals surface area (Å²) >= 11 is 0. The molecule has 0 radical (unpaired) electrons. The number of aromatic carboxylic acids is 1. The lowest BCUT2D eigenvalue weighted by molar-refractivity contribution is -0.384. The van der Waals surface area contributed by atoms with Crippen molar-refractivity contribution in [3.63, 3.8) is 0 Å². The van der Waals surface area contributed by atoms with Crippen LogP contribution in [0.2, 0.25) is 0 Å². The molecule has 0 saturated carbocycles. The quantitative estimate of drug-likeness (QED) is 0.693. The van der Waals surface area contributed by atoms with Crippen LogP contribution in [0, 0.1) is 10.1 Å². The number of non-ortho nitro benzene ring substituents is 1. The van der Waals surface area contributed by atoms with Crippen LogP contribution in [0.4, 0.5) is 11.4 Å². The molecule has 7 heteroatoms. The number of carbonyl (C=O) groups is 2. The number of carbonyl (C=O) groups excluding carboxylic acids is 1. The standard InChI is InChI=1S/C16H12N2O5/c19-15(17-8-7-10-3-1-2-4-14(10)17)12-6-5-11(18(22)23)9-13(12)16(20)21/h1-6,9H,7-8H2,(H,20,21). The molecule has 116 valence electrons. The van der Waals surface area contributed by atoms with Gasteiger partial charge in [0.2, 0.25) is 0 Å². The van der Waals surface area contributed by atoms with E-state index in [9.17, 15) is 24.8 Å². The van der Waals surface area contributed by atoms with Gasteiger partial charge in [-0.05, 0) is 24.1 Å². The van der Waals surface area contributed by atoms with Gasteiger partial charge < -0.3 is 10.0 Å². The molecule has 1 N–H and O–H groups in total. The van der Waals surface area contributed by atoms with Crippen molar-refractivity contribution in [3.05, 3.63) is 69.3 Å². The number of carboxylic acid groups (broad SMARTS) is 1. The lowest BCUT2D eigenvalue weighted by Gasteiger charge is -2.18. The molecule has 1 aliphatic rings. The van der Waals surface area contributed by atoms with E-state index < -0.39 is 16.8 Å². The summed E-state index contributed by atoms with van der Waals surface area (Å²) in [5.41, 5.74) is 0.973. The van der Waals surface area contributed by atoms with E-state index in [0.717, 1.165) is 23.4 Å². The predicted octanol–water partition coefficient (Wildman–Crippen LogP) is 2.50. The molecular formula is C16H12N2O5. The van der Waals surface area contributed by atoms with E-state index >= 15 is 0 Å². The first-order chi connectivity index (χ1) is 11.0. The number of rotatable bonds is 3. The summed E-state index contributed by atoms with van der Waals surface area (Å²) in [6, 6.07) is 10.6. The molecule has 7 nitrogen and oxygen atoms in total. The summed E-state index contributed by atoms with van der Waals surface area (Å²) in [7, 11) is 0. The highest BCUT2D eigenvalue weighted by Crippen LogP contribution is 2.30. The Morgan fingerprint density at radius 1 is 1.13 bits per heavy atom. The molecule has 0 aromatic heterocycles. The summed E-state index contributed by atoms with van der Waals surface area (Å²) < 4.78 is 0. The van der Waals surface area contributed by atoms with Gasteiger partial charge in [0.05, 0.1) is 16.1 Å². The van der Waals surface area contributed by atoms with Crippen LogP contribution < -0.4 is 4.90 Å². The van der Waals surface area contributed by atoms with E-state index in [1.54, 1.807) is 12.1 Å². The Balaban J connectivity index is 2.04. The first kappa shape index (κ1) is 14.7. The highest BCUT2D eigenvalue weighted by Gasteiger charge is 2.29. The number of nitro benzene ring substituents is 1. The van der Waals surface area contributed by atoms with Gasteiger partial charge in [-0.15, -0.1) is 0 Å². The van der Waals surface area contributed by atoms with Crippen LogP contribution in [0.25, 0.3) is 0 Å². The minimum Gasteiger partial charge on any atom is -0.478 e. The zero-order valence-electron chi connectivity index (χ0n) is 11.9. The lowest BCUT2D eigenvalue weighted by atomic mass is 10.1. The molecule has 1 aliphatic heterocycles. The summed E-state index contributed by atoms with van der Waals surface area (Å²) in [5, 5.41) is 20.1. The third-order valence-corrected chi connectivity index (χ3v) is 3.81. The third kappa shape index (κ3) is 2.52. The normalized spacial score (nSPS) is 12.8. The highest BCUT2D eigenvalue weighted by atomic mass is 16.6. The van der Waals surface area contributed by atoms with Crippen molar-refractivity contribution >= 4 is 23.3 Å². The van der Waals surface area contributed by atoms with Gasteiger partial charge >= 0.3 is 5.97 Å². The van der Waals surface area contributed by atoms with Gasteiger partial charge in [-0.25, -0.2) is 4.79 Å². The first-order valence-electron chi connectivity index (χ1n) is 6.90. The van der Waals surface area contributed by atoms with Crippen molar-refractivity contribution in [2.24, 2.45) is 0 Å². The number of fused-ring (bicyclic) bond motifs is 1. The number of amides is 1. The van der Waals surface area contributed by atoms with Crippen LogP contribution in [0.5, 0.6) is 0 Å². The Morgan fingerprint density at radius 2 is 1.87 bits per heavy atom. The smallest absolute Gasteiger partial charge is 0.336 e. The average Bonchev–Trinajstić information content (AvgIpc) is 2.97. The Morgan fingerprint density at radius 3 is 2.57 bits per heavy atom. The summed E-state index contributed by atoms with van der Waals surface area (Å²) in [5.74, 6) is -1.84. The largest absolute Gasteiger partial charge is 0.478 e. The molecule has 1 heterocycles. The van der Waals surface area contributed by atoms with E-state index in [2.05, 4.69) is 0 Å². The van der Waals surface area contributed by atoms with Gasteiger partial charge in [-0.2, -0.15) is 0 Å². The zero-order valence-corrected chi connectivity index (χ0v) is 11.9. The van der Waals surface area contributed by atoms with Crippen LogP contribution in [-0.2, 0) is 6.42 Å². The summed E-state index contributed by atoms with van der Waals surface area (Å²) in [6.45, 7) is 0.453. The second kappa shape index (κ2) is 5.53. The van der Waals surface area contributed by atoms with E-state index in [-0.39, 0.29) is 16.8 Å². The van der Waals surface area contributed by atoms with Gasteiger partial charge in [0.15, 0.2) is 0 Å². The van der Waals surface area contributed by atoms with Crippen molar-refractivity contribution in [2.75, 3.05) is 11.4 Å². The molecule has 3 rings (SSSR count). The van der Waals surface area contributed by atoms with Gasteiger partial charge in [0.1, 0.15) is 0 Å². The van der Waals surface area contributed by atoms with E-state index in [4.69, 9.17) is 0 Å². The number of nitro groups is 1. The number of hydrogen-bond donors (Lipinski definition) is 1. The van der Waals surface area contributed by atoms with Crippen LogP contribution >= 0.6 is 0 Å². The second-order valence-electron chi connectivity index (χ2n) is 5.13. The lowest BCUT2D eigenvalue weighted by Crippen LogP contribution is -2.30. The predicted molar refractivity (Wildman–Crippen MR) is 81.9 cm³/mol. The molecule has 23 heavy (non-hydrogen) atoms. The van der Waals surface area contributed by atoms with Crippen LogP contribution in [0.3, 0.4) is 0 Å². The van der Waals surface area contributed by atoms with Crippen LogP contribution in [0.15, 0.2) is 42.5 Å². The minimum absolute atomic E-state index is 0.0557. The Hall–Kier alpha value is -3.22. The minimum atomic E-state index is -1.37. The average molecular weight is 312 g/mol. The molecule has 0 spiro atoms. The third-order valence-electron chi connectivity index (χ3n) is 3.81. The van der Waals surface area contributed by atoms with E-state index in [1.165, 1.54) is 11.0 Å². The fourth-order valence-electron chi connectivity index (χ4n) is 2.70. The van der Waals surface area contributed by atoms with Crippen molar-refractivity contribution in [3.8, 4) is 0 Å². The van der Waals surface area contributed by atoms with Crippen molar-refractivity contribution in [2.45, 2.75) is 6.42 Å². The van der Waals surface area contributed by atoms with Gasteiger partial charge in [0, 0.05) is 24.4 Å². The molecular weight excluding hydrogens is 300 g/mol. The summed E-state index contributed by atoms with van der Waals surface area (Å²) in [4.78, 5) is 35.7. The molecule has 0 aliphatic carbocycles. The maximum absolute atomic E-state index is 12.7. The molecule has 2 aromatic rings. The zero-order chi connectivity index (χ0) is 16.6. The SMILES string of the molecule is O=C(O)c1cc([N+](=O)[O-])ccc1C(=O)N1CCc2ccccc21. The number of hydrogen-bond acceptors (Lipinski definition) is 4. The van der Waals surface area contributed by atoms with Crippen LogP contribution in [0.1, 0.15) is 26.3 Å². The van der Waals surface area contributed by atoms with Crippen molar-refractivity contribution in [1.82, 2.24) is 0 Å². The number of para-hydroxylation sites is 1. The molecule has 0 bridgehead atoms. The molecule has 0 atom stereocenters. The monoisotopic (exact) mass is 312 g/mol. The van der Waals surface area contributed by atoms with Gasteiger partial charge in [-0.3, -0.25) is 14.9 Å². The Labute approximate surface area is 130 Å². The fraction of sp³-hybridized carbons (Fsp3) is 0.125. The molecule has 0 saturated heterocycles. The second-order valence-corrected chi connectivity index (χ2v) is 5.13. The molecule has 1 amide bonds. The van der Waals surface area contributed by atoms with Crippen molar-refractivity contribution < 1.29 is 19.6 Å². The Bertz CT molecular complexity index is 831. The fourth-order valence-corrected chi connectivity index (χ4v) is 2.70. The Kier molecular flexibility index (Phi) is 3.53. The van der Waals surface area contributed by atoms with Gasteiger partial charge in [0.25, 0.3) is 11.6 Å². The van der Waals surface area contributed by atoms with Crippen molar-refractivity contribution in [1.29, 1.82) is 0 Å². The number of nitrogens with zero attached hydrogens (tertiary/aromatic N) is 2. The number of anilines is 1.